The van der Waals surface area contributed by atoms with Crippen LogP contribution in [0.5, 0.6) is 5.75 Å². The van der Waals surface area contributed by atoms with Crippen LogP contribution in [0.15, 0.2) is 48.9 Å². The van der Waals surface area contributed by atoms with Crippen LogP contribution >= 0.6 is 0 Å². The highest BCUT2D eigenvalue weighted by atomic mass is 16.5. The highest BCUT2D eigenvalue weighted by molar-refractivity contribution is 6.09. The van der Waals surface area contributed by atoms with Crippen molar-refractivity contribution in [2.45, 2.75) is 0 Å². The van der Waals surface area contributed by atoms with Crippen molar-refractivity contribution >= 4 is 5.78 Å². The highest BCUT2D eigenvalue weighted by Crippen LogP contribution is 2.20. The first-order valence-electron chi connectivity index (χ1n) is 6.41. The van der Waals surface area contributed by atoms with E-state index < -0.39 is 0 Å². The van der Waals surface area contributed by atoms with E-state index in [1.807, 2.05) is 30.3 Å². The fraction of sp³-hybridized carbons (Fsp3) is 0.133. The average molecular weight is 282 g/mol. The van der Waals surface area contributed by atoms with Crippen molar-refractivity contribution in [2.75, 3.05) is 7.11 Å². The maximum absolute atomic E-state index is 12.6. The van der Waals surface area contributed by atoms with Gasteiger partial charge in [-0.25, -0.2) is 4.68 Å². The molecule has 6 heteroatoms. The summed E-state index contributed by atoms with van der Waals surface area (Å²) in [5.74, 6) is 0.281. The van der Waals surface area contributed by atoms with Gasteiger partial charge in [-0.2, -0.15) is 10.2 Å². The Morgan fingerprint density at radius 2 is 1.90 bits per heavy atom. The normalized spacial score (nSPS) is 10.6. The number of methoxy groups -OCH3 is 1. The molecule has 0 unspecified atom stereocenters. The topological polar surface area (TPSA) is 61.9 Å². The SMILES string of the molecule is COc1cnn(C)c1C(=O)c1cnn(-c2ccccc2)c1. The molecular weight excluding hydrogens is 268 g/mol. The molecule has 0 aliphatic carbocycles. The summed E-state index contributed by atoms with van der Waals surface area (Å²) in [5, 5.41) is 8.27. The second-order valence-corrected chi connectivity index (χ2v) is 4.52. The van der Waals surface area contributed by atoms with Gasteiger partial charge in [-0.1, -0.05) is 18.2 Å². The van der Waals surface area contributed by atoms with Gasteiger partial charge >= 0.3 is 0 Å². The molecule has 106 valence electrons. The molecule has 0 amide bonds. The summed E-state index contributed by atoms with van der Waals surface area (Å²) in [7, 11) is 3.22. The molecule has 0 atom stereocenters. The lowest BCUT2D eigenvalue weighted by atomic mass is 10.1. The molecule has 0 fully saturated rings. The summed E-state index contributed by atoms with van der Waals surface area (Å²) in [4.78, 5) is 12.6. The monoisotopic (exact) mass is 282 g/mol. The van der Waals surface area contributed by atoms with Gasteiger partial charge in [-0.15, -0.1) is 0 Å². The van der Waals surface area contributed by atoms with Gasteiger partial charge in [-0.05, 0) is 12.1 Å². The zero-order valence-corrected chi connectivity index (χ0v) is 11.7. The lowest BCUT2D eigenvalue weighted by Gasteiger charge is -2.02. The molecule has 0 aliphatic heterocycles. The zero-order chi connectivity index (χ0) is 14.8. The van der Waals surface area contributed by atoms with Crippen molar-refractivity contribution in [1.82, 2.24) is 19.6 Å². The molecule has 2 heterocycles. The first kappa shape index (κ1) is 13.1. The van der Waals surface area contributed by atoms with E-state index >= 15 is 0 Å². The molecule has 0 saturated heterocycles. The van der Waals surface area contributed by atoms with E-state index in [1.165, 1.54) is 18.0 Å². The molecular formula is C15H14N4O2. The van der Waals surface area contributed by atoms with Gasteiger partial charge in [0.1, 0.15) is 0 Å². The minimum Gasteiger partial charge on any atom is -0.493 e. The van der Waals surface area contributed by atoms with Gasteiger partial charge in [0.2, 0.25) is 5.78 Å². The number of hydrogen-bond donors (Lipinski definition) is 0. The Bertz CT molecular complexity index is 774. The molecule has 0 spiro atoms. The molecule has 21 heavy (non-hydrogen) atoms. The number of ketones is 1. The first-order valence-corrected chi connectivity index (χ1v) is 6.41. The van der Waals surface area contributed by atoms with Gasteiger partial charge in [-0.3, -0.25) is 9.48 Å². The van der Waals surface area contributed by atoms with Crippen molar-refractivity contribution in [3.05, 3.63) is 60.2 Å². The Morgan fingerprint density at radius 3 is 2.62 bits per heavy atom. The molecule has 1 aromatic carbocycles. The maximum Gasteiger partial charge on any atom is 0.218 e. The van der Waals surface area contributed by atoms with Gasteiger partial charge in [0.25, 0.3) is 0 Å². The van der Waals surface area contributed by atoms with Gasteiger partial charge in [0.15, 0.2) is 11.4 Å². The highest BCUT2D eigenvalue weighted by Gasteiger charge is 2.20. The third-order valence-corrected chi connectivity index (χ3v) is 3.21. The van der Waals surface area contributed by atoms with Gasteiger partial charge in [0.05, 0.1) is 30.8 Å². The van der Waals surface area contributed by atoms with Crippen LogP contribution in [-0.4, -0.2) is 32.5 Å². The number of benzene rings is 1. The summed E-state index contributed by atoms with van der Waals surface area (Å²) >= 11 is 0. The molecule has 6 nitrogen and oxygen atoms in total. The Kier molecular flexibility index (Phi) is 3.27. The van der Waals surface area contributed by atoms with E-state index in [2.05, 4.69) is 10.2 Å². The van der Waals surface area contributed by atoms with Crippen LogP contribution in [0.4, 0.5) is 0 Å². The molecule has 2 aromatic heterocycles. The second kappa shape index (κ2) is 5.24. The molecule has 0 bridgehead atoms. The predicted molar refractivity (Wildman–Crippen MR) is 76.8 cm³/mol. The molecule has 3 aromatic rings. The van der Waals surface area contributed by atoms with E-state index in [4.69, 9.17) is 4.74 Å². The van der Waals surface area contributed by atoms with Crippen LogP contribution in [0.2, 0.25) is 0 Å². The van der Waals surface area contributed by atoms with E-state index in [0.717, 1.165) is 5.69 Å². The maximum atomic E-state index is 12.6. The quantitative estimate of drug-likeness (QED) is 0.685. The number of aryl methyl sites for hydroxylation is 1. The number of carbonyl (C=O) groups excluding carboxylic acids is 1. The third kappa shape index (κ3) is 2.31. The van der Waals surface area contributed by atoms with Gasteiger partial charge in [0, 0.05) is 13.2 Å². The summed E-state index contributed by atoms with van der Waals surface area (Å²) in [6.07, 6.45) is 4.76. The summed E-state index contributed by atoms with van der Waals surface area (Å²) in [6, 6.07) is 9.61. The Hall–Kier alpha value is -2.89. The van der Waals surface area contributed by atoms with Crippen molar-refractivity contribution in [2.24, 2.45) is 7.05 Å². The van der Waals surface area contributed by atoms with Crippen molar-refractivity contribution in [1.29, 1.82) is 0 Å². The lowest BCUT2D eigenvalue weighted by Crippen LogP contribution is -2.09. The minimum absolute atomic E-state index is 0.172. The Morgan fingerprint density at radius 1 is 1.14 bits per heavy atom. The largest absolute Gasteiger partial charge is 0.493 e. The minimum atomic E-state index is -0.172. The van der Waals surface area contributed by atoms with Crippen LogP contribution in [0, 0.1) is 0 Å². The number of ether oxygens (including phenoxy) is 1. The molecule has 0 aliphatic rings. The van der Waals surface area contributed by atoms with Crippen LogP contribution in [0.1, 0.15) is 16.1 Å². The zero-order valence-electron chi connectivity index (χ0n) is 11.7. The van der Waals surface area contributed by atoms with Crippen LogP contribution in [0.3, 0.4) is 0 Å². The Labute approximate surface area is 121 Å². The van der Waals surface area contributed by atoms with E-state index in [9.17, 15) is 4.79 Å². The van der Waals surface area contributed by atoms with E-state index in [1.54, 1.807) is 24.1 Å². The van der Waals surface area contributed by atoms with Crippen LogP contribution in [-0.2, 0) is 7.05 Å². The molecule has 0 radical (unpaired) electrons. The number of rotatable bonds is 4. The fourth-order valence-corrected chi connectivity index (χ4v) is 2.12. The van der Waals surface area contributed by atoms with E-state index in [0.29, 0.717) is 17.0 Å². The van der Waals surface area contributed by atoms with Crippen molar-refractivity contribution < 1.29 is 9.53 Å². The van der Waals surface area contributed by atoms with Crippen LogP contribution in [0.25, 0.3) is 5.69 Å². The summed E-state index contributed by atoms with van der Waals surface area (Å²) < 4.78 is 8.33. The van der Waals surface area contributed by atoms with Crippen LogP contribution < -0.4 is 4.74 Å². The summed E-state index contributed by atoms with van der Waals surface area (Å²) in [6.45, 7) is 0. The summed E-state index contributed by atoms with van der Waals surface area (Å²) in [5.41, 5.74) is 1.79. The van der Waals surface area contributed by atoms with E-state index in [-0.39, 0.29) is 5.78 Å². The molecule has 0 saturated carbocycles. The number of hydrogen-bond acceptors (Lipinski definition) is 4. The molecule has 0 N–H and O–H groups in total. The number of carbonyl (C=O) groups is 1. The Balaban J connectivity index is 1.97. The van der Waals surface area contributed by atoms with Crippen molar-refractivity contribution in [3.8, 4) is 11.4 Å². The number of para-hydroxylation sites is 1. The van der Waals surface area contributed by atoms with Gasteiger partial charge < -0.3 is 4.74 Å². The second-order valence-electron chi connectivity index (χ2n) is 4.52. The lowest BCUT2D eigenvalue weighted by molar-refractivity contribution is 0.102. The molecule has 3 rings (SSSR count). The smallest absolute Gasteiger partial charge is 0.218 e. The predicted octanol–water partition coefficient (Wildman–Crippen LogP) is 1.85. The van der Waals surface area contributed by atoms with Crippen molar-refractivity contribution in [3.63, 3.8) is 0 Å². The first-order chi connectivity index (χ1) is 10.2. The average Bonchev–Trinajstić information content (AvgIpc) is 3.14. The third-order valence-electron chi connectivity index (χ3n) is 3.21. The number of nitrogens with zero attached hydrogens (tertiary/aromatic N) is 4. The number of aromatic nitrogens is 4. The standard InChI is InChI=1S/C15H14N4O2/c1-18-14(13(21-2)9-16-18)15(20)11-8-17-19(10-11)12-6-4-3-5-7-12/h3-10H,1-2H3. The fourth-order valence-electron chi connectivity index (χ4n) is 2.12.